The van der Waals surface area contributed by atoms with Crippen LogP contribution in [0.5, 0.6) is 0 Å². The van der Waals surface area contributed by atoms with Crippen LogP contribution >= 0.6 is 7.82 Å². The van der Waals surface area contributed by atoms with Gasteiger partial charge in [-0.25, -0.2) is 4.57 Å². The molecule has 0 N–H and O–H groups in total. The van der Waals surface area contributed by atoms with E-state index in [-0.39, 0.29) is 6.10 Å². The maximum absolute atomic E-state index is 11.5. The van der Waals surface area contributed by atoms with E-state index in [1.165, 1.54) is 0 Å². The van der Waals surface area contributed by atoms with Crippen LogP contribution in [0.25, 0.3) is 0 Å². The lowest BCUT2D eigenvalue weighted by atomic mass is 10.2. The van der Waals surface area contributed by atoms with E-state index in [9.17, 15) is 4.57 Å². The highest BCUT2D eigenvalue weighted by atomic mass is 31.2. The Morgan fingerprint density at radius 1 is 1.62 bits per heavy atom. The molecule has 0 spiro atoms. The van der Waals surface area contributed by atoms with Crippen molar-refractivity contribution in [3.63, 3.8) is 0 Å². The first-order valence-corrected chi connectivity index (χ1v) is 6.05. The molecule has 1 rings (SSSR count). The summed E-state index contributed by atoms with van der Waals surface area (Å²) in [5.41, 5.74) is 0. The van der Waals surface area contributed by atoms with E-state index in [2.05, 4.69) is 13.8 Å². The van der Waals surface area contributed by atoms with Gasteiger partial charge in [0.15, 0.2) is 0 Å². The standard InChI is InChI=1S/C8H17O4P/c1-7(2)4-5-10-13(9)11-6-8(3)12-13/h7-8H,4-6H2,1-3H3. The lowest BCUT2D eigenvalue weighted by Crippen LogP contribution is -2.01. The van der Waals surface area contributed by atoms with E-state index in [0.717, 1.165) is 6.42 Å². The molecule has 0 saturated carbocycles. The predicted octanol–water partition coefficient (Wildman–Crippen LogP) is 2.59. The van der Waals surface area contributed by atoms with Crippen molar-refractivity contribution < 1.29 is 18.1 Å². The summed E-state index contributed by atoms with van der Waals surface area (Å²) in [6.45, 7) is 6.77. The average Bonchev–Trinajstić information content (AvgIpc) is 2.30. The molecule has 0 radical (unpaired) electrons. The average molecular weight is 208 g/mol. The molecule has 1 heterocycles. The van der Waals surface area contributed by atoms with Gasteiger partial charge in [0.2, 0.25) is 0 Å². The maximum Gasteiger partial charge on any atom is 0.475 e. The van der Waals surface area contributed by atoms with Crippen LogP contribution in [-0.4, -0.2) is 19.3 Å². The molecule has 13 heavy (non-hydrogen) atoms. The summed E-state index contributed by atoms with van der Waals surface area (Å²) in [5, 5.41) is 0. The first-order chi connectivity index (χ1) is 6.02. The van der Waals surface area contributed by atoms with Crippen LogP contribution in [0.2, 0.25) is 0 Å². The molecule has 0 aliphatic carbocycles. The summed E-state index contributed by atoms with van der Waals surface area (Å²) in [4.78, 5) is 0. The van der Waals surface area contributed by atoms with Gasteiger partial charge in [0.25, 0.3) is 0 Å². The lowest BCUT2D eigenvalue weighted by molar-refractivity contribution is 0.171. The fourth-order valence-electron chi connectivity index (χ4n) is 0.945. The number of phosphoric ester groups is 1. The molecule has 78 valence electrons. The summed E-state index contributed by atoms with van der Waals surface area (Å²) in [6, 6.07) is 0. The number of phosphoric acid groups is 1. The molecule has 2 unspecified atom stereocenters. The summed E-state index contributed by atoms with van der Waals surface area (Å²) in [7, 11) is -3.18. The zero-order valence-corrected chi connectivity index (χ0v) is 9.25. The van der Waals surface area contributed by atoms with Crippen molar-refractivity contribution in [3.05, 3.63) is 0 Å². The van der Waals surface area contributed by atoms with Crippen LogP contribution in [-0.2, 0) is 18.1 Å². The second-order valence-electron chi connectivity index (χ2n) is 3.67. The van der Waals surface area contributed by atoms with E-state index in [0.29, 0.717) is 19.1 Å². The third-order valence-electron chi connectivity index (χ3n) is 1.72. The van der Waals surface area contributed by atoms with Crippen molar-refractivity contribution in [1.82, 2.24) is 0 Å². The Morgan fingerprint density at radius 3 is 2.77 bits per heavy atom. The Bertz CT molecular complexity index is 204. The molecule has 0 aromatic rings. The van der Waals surface area contributed by atoms with Crippen molar-refractivity contribution in [2.24, 2.45) is 5.92 Å². The van der Waals surface area contributed by atoms with E-state index in [1.54, 1.807) is 0 Å². The molecule has 1 aliphatic rings. The second-order valence-corrected chi connectivity index (χ2v) is 5.30. The van der Waals surface area contributed by atoms with Crippen molar-refractivity contribution in [2.45, 2.75) is 33.3 Å². The molecular formula is C8H17O4P. The van der Waals surface area contributed by atoms with E-state index < -0.39 is 7.82 Å². The number of rotatable bonds is 4. The smallest absolute Gasteiger partial charge is 0.287 e. The molecule has 4 nitrogen and oxygen atoms in total. The zero-order valence-electron chi connectivity index (χ0n) is 8.36. The minimum atomic E-state index is -3.18. The molecular weight excluding hydrogens is 191 g/mol. The first-order valence-electron chi connectivity index (χ1n) is 4.59. The molecule has 0 amide bonds. The lowest BCUT2D eigenvalue weighted by Gasteiger charge is -2.10. The quantitative estimate of drug-likeness (QED) is 0.666. The highest BCUT2D eigenvalue weighted by Crippen LogP contribution is 2.54. The fourth-order valence-corrected chi connectivity index (χ4v) is 2.36. The summed E-state index contributed by atoms with van der Waals surface area (Å²) in [5.74, 6) is 0.534. The predicted molar refractivity (Wildman–Crippen MR) is 49.5 cm³/mol. The van der Waals surface area contributed by atoms with Gasteiger partial charge >= 0.3 is 7.82 Å². The molecule has 2 atom stereocenters. The monoisotopic (exact) mass is 208 g/mol. The number of hydrogen-bond donors (Lipinski definition) is 0. The Labute approximate surface area is 79.2 Å². The zero-order chi connectivity index (χ0) is 9.90. The van der Waals surface area contributed by atoms with Gasteiger partial charge in [-0.1, -0.05) is 13.8 Å². The largest absolute Gasteiger partial charge is 0.475 e. The summed E-state index contributed by atoms with van der Waals surface area (Å²) < 4.78 is 26.6. The van der Waals surface area contributed by atoms with Crippen molar-refractivity contribution in [1.29, 1.82) is 0 Å². The normalized spacial score (nSPS) is 34.3. The highest BCUT2D eigenvalue weighted by Gasteiger charge is 2.36. The van der Waals surface area contributed by atoms with Gasteiger partial charge in [-0.3, -0.25) is 13.6 Å². The van der Waals surface area contributed by atoms with Crippen molar-refractivity contribution in [2.75, 3.05) is 13.2 Å². The molecule has 0 aromatic heterocycles. The molecule has 1 saturated heterocycles. The highest BCUT2D eigenvalue weighted by molar-refractivity contribution is 7.48. The van der Waals surface area contributed by atoms with Gasteiger partial charge in [-0.15, -0.1) is 0 Å². The maximum atomic E-state index is 11.5. The number of hydrogen-bond acceptors (Lipinski definition) is 4. The van der Waals surface area contributed by atoms with Gasteiger partial charge < -0.3 is 0 Å². The third-order valence-corrected chi connectivity index (χ3v) is 3.30. The van der Waals surface area contributed by atoms with Gasteiger partial charge in [-0.2, -0.15) is 0 Å². The van der Waals surface area contributed by atoms with E-state index in [1.807, 2.05) is 6.92 Å². The minimum absolute atomic E-state index is 0.120. The Hall–Kier alpha value is 0.110. The van der Waals surface area contributed by atoms with Crippen LogP contribution in [0.15, 0.2) is 0 Å². The molecule has 1 aliphatic heterocycles. The van der Waals surface area contributed by atoms with Crippen LogP contribution in [0.1, 0.15) is 27.2 Å². The Balaban J connectivity index is 2.24. The first kappa shape index (κ1) is 11.2. The third kappa shape index (κ3) is 3.77. The SMILES string of the molecule is CC(C)CCOP1(=O)OCC(C)O1. The van der Waals surface area contributed by atoms with Crippen LogP contribution in [0, 0.1) is 5.92 Å². The van der Waals surface area contributed by atoms with Crippen molar-refractivity contribution in [3.8, 4) is 0 Å². The second kappa shape index (κ2) is 4.56. The van der Waals surface area contributed by atoms with Crippen LogP contribution in [0.4, 0.5) is 0 Å². The minimum Gasteiger partial charge on any atom is -0.287 e. The van der Waals surface area contributed by atoms with Gasteiger partial charge in [0.05, 0.1) is 19.3 Å². The van der Waals surface area contributed by atoms with Crippen LogP contribution in [0.3, 0.4) is 0 Å². The summed E-state index contributed by atoms with van der Waals surface area (Å²) >= 11 is 0. The van der Waals surface area contributed by atoms with Crippen molar-refractivity contribution >= 4 is 7.82 Å². The fraction of sp³-hybridized carbons (Fsp3) is 1.00. The molecule has 0 aromatic carbocycles. The summed E-state index contributed by atoms with van der Waals surface area (Å²) in [6.07, 6.45) is 0.746. The van der Waals surface area contributed by atoms with Crippen LogP contribution < -0.4 is 0 Å². The van der Waals surface area contributed by atoms with Gasteiger partial charge in [0, 0.05) is 0 Å². The Kier molecular flexibility index (Phi) is 3.92. The van der Waals surface area contributed by atoms with E-state index in [4.69, 9.17) is 13.6 Å². The van der Waals surface area contributed by atoms with Gasteiger partial charge in [0.1, 0.15) is 0 Å². The topological polar surface area (TPSA) is 44.8 Å². The van der Waals surface area contributed by atoms with Gasteiger partial charge in [-0.05, 0) is 19.3 Å². The molecule has 1 fully saturated rings. The molecule has 5 heteroatoms. The van der Waals surface area contributed by atoms with E-state index >= 15 is 0 Å². The Morgan fingerprint density at radius 2 is 2.31 bits per heavy atom. The molecule has 0 bridgehead atoms.